The number of carbonyl (C=O) groups excluding carboxylic acids is 1. The SMILES string of the molecule is CCC(O)C(C)N1CCCNC1=O. The maximum Gasteiger partial charge on any atom is 0.317 e. The molecule has 1 fully saturated rings. The van der Waals surface area contributed by atoms with Crippen LogP contribution in [-0.4, -0.2) is 41.3 Å². The third kappa shape index (κ3) is 2.34. The van der Waals surface area contributed by atoms with Crippen molar-refractivity contribution >= 4 is 6.03 Å². The van der Waals surface area contributed by atoms with Crippen molar-refractivity contribution in [3.63, 3.8) is 0 Å². The highest BCUT2D eigenvalue weighted by molar-refractivity contribution is 5.75. The molecule has 1 saturated heterocycles. The van der Waals surface area contributed by atoms with Crippen LogP contribution in [0.4, 0.5) is 4.79 Å². The van der Waals surface area contributed by atoms with E-state index in [1.807, 2.05) is 13.8 Å². The standard InChI is InChI=1S/C9H18N2O2/c1-3-8(12)7(2)11-6-4-5-10-9(11)13/h7-8,12H,3-6H2,1-2H3,(H,10,13). The number of rotatable bonds is 3. The minimum Gasteiger partial charge on any atom is -0.391 e. The molecule has 2 amide bonds. The van der Waals surface area contributed by atoms with Gasteiger partial charge in [-0.1, -0.05) is 6.92 Å². The first-order chi connectivity index (χ1) is 6.16. The van der Waals surface area contributed by atoms with Crippen LogP contribution in [0.1, 0.15) is 26.7 Å². The number of aliphatic hydroxyl groups excluding tert-OH is 1. The average Bonchev–Trinajstić information content (AvgIpc) is 2.16. The molecular weight excluding hydrogens is 168 g/mol. The molecule has 0 saturated carbocycles. The maximum atomic E-state index is 11.4. The van der Waals surface area contributed by atoms with E-state index in [0.29, 0.717) is 6.42 Å². The van der Waals surface area contributed by atoms with Crippen LogP contribution in [0.25, 0.3) is 0 Å². The van der Waals surface area contributed by atoms with E-state index < -0.39 is 6.10 Å². The van der Waals surface area contributed by atoms with Crippen molar-refractivity contribution in [2.45, 2.75) is 38.8 Å². The minimum atomic E-state index is -0.413. The van der Waals surface area contributed by atoms with Crippen molar-refractivity contribution in [2.75, 3.05) is 13.1 Å². The molecule has 1 aliphatic rings. The van der Waals surface area contributed by atoms with Crippen LogP contribution in [0, 0.1) is 0 Å². The van der Waals surface area contributed by atoms with Crippen LogP contribution in [0.5, 0.6) is 0 Å². The topological polar surface area (TPSA) is 52.6 Å². The lowest BCUT2D eigenvalue weighted by molar-refractivity contribution is 0.0660. The predicted molar refractivity (Wildman–Crippen MR) is 50.5 cm³/mol. The Morgan fingerprint density at radius 2 is 2.38 bits per heavy atom. The van der Waals surface area contributed by atoms with Gasteiger partial charge in [0.25, 0.3) is 0 Å². The lowest BCUT2D eigenvalue weighted by atomic mass is 10.1. The second-order valence-electron chi connectivity index (χ2n) is 3.50. The number of hydrogen-bond donors (Lipinski definition) is 2. The van der Waals surface area contributed by atoms with Gasteiger partial charge in [-0.15, -0.1) is 0 Å². The van der Waals surface area contributed by atoms with Crippen molar-refractivity contribution in [1.82, 2.24) is 10.2 Å². The highest BCUT2D eigenvalue weighted by Gasteiger charge is 2.26. The third-order valence-electron chi connectivity index (χ3n) is 2.58. The summed E-state index contributed by atoms with van der Waals surface area (Å²) in [5.74, 6) is 0. The van der Waals surface area contributed by atoms with E-state index in [4.69, 9.17) is 0 Å². The summed E-state index contributed by atoms with van der Waals surface area (Å²) in [6.45, 7) is 5.32. The molecule has 0 aromatic heterocycles. The normalized spacial score (nSPS) is 22.4. The second kappa shape index (κ2) is 4.46. The van der Waals surface area contributed by atoms with E-state index in [9.17, 15) is 9.90 Å². The van der Waals surface area contributed by atoms with Crippen LogP contribution in [0.3, 0.4) is 0 Å². The highest BCUT2D eigenvalue weighted by atomic mass is 16.3. The fraction of sp³-hybridized carbons (Fsp3) is 0.889. The Kier molecular flexibility index (Phi) is 3.54. The monoisotopic (exact) mass is 186 g/mol. The Morgan fingerprint density at radius 1 is 1.69 bits per heavy atom. The number of hydrogen-bond acceptors (Lipinski definition) is 2. The van der Waals surface area contributed by atoms with Crippen LogP contribution < -0.4 is 5.32 Å². The number of amides is 2. The smallest absolute Gasteiger partial charge is 0.317 e. The van der Waals surface area contributed by atoms with Crippen molar-refractivity contribution in [1.29, 1.82) is 0 Å². The number of nitrogens with zero attached hydrogens (tertiary/aromatic N) is 1. The molecule has 0 aromatic carbocycles. The van der Waals surface area contributed by atoms with Crippen LogP contribution >= 0.6 is 0 Å². The molecule has 0 radical (unpaired) electrons. The highest BCUT2D eigenvalue weighted by Crippen LogP contribution is 2.10. The maximum absolute atomic E-state index is 11.4. The second-order valence-corrected chi connectivity index (χ2v) is 3.50. The van der Waals surface area contributed by atoms with Crippen LogP contribution in [-0.2, 0) is 0 Å². The zero-order valence-corrected chi connectivity index (χ0v) is 8.29. The van der Waals surface area contributed by atoms with E-state index in [1.165, 1.54) is 0 Å². The van der Waals surface area contributed by atoms with Gasteiger partial charge in [0.05, 0.1) is 12.1 Å². The van der Waals surface area contributed by atoms with Crippen LogP contribution in [0.2, 0.25) is 0 Å². The first kappa shape index (κ1) is 10.3. The predicted octanol–water partition coefficient (Wildman–Crippen LogP) is 0.561. The Bertz CT molecular complexity index is 184. The summed E-state index contributed by atoms with van der Waals surface area (Å²) < 4.78 is 0. The molecule has 13 heavy (non-hydrogen) atoms. The van der Waals surface area contributed by atoms with Crippen molar-refractivity contribution < 1.29 is 9.90 Å². The van der Waals surface area contributed by atoms with Gasteiger partial charge < -0.3 is 15.3 Å². The van der Waals surface area contributed by atoms with E-state index in [2.05, 4.69) is 5.32 Å². The molecule has 2 N–H and O–H groups in total. The fourth-order valence-corrected chi connectivity index (χ4v) is 1.59. The Labute approximate surface area is 78.9 Å². The quantitative estimate of drug-likeness (QED) is 0.676. The Hall–Kier alpha value is -0.770. The summed E-state index contributed by atoms with van der Waals surface area (Å²) >= 11 is 0. The molecule has 4 heteroatoms. The number of urea groups is 1. The summed E-state index contributed by atoms with van der Waals surface area (Å²) in [4.78, 5) is 13.1. The molecular formula is C9H18N2O2. The van der Waals surface area contributed by atoms with E-state index in [0.717, 1.165) is 19.5 Å². The van der Waals surface area contributed by atoms with Crippen molar-refractivity contribution in [2.24, 2.45) is 0 Å². The molecule has 1 aliphatic heterocycles. The average molecular weight is 186 g/mol. The summed E-state index contributed by atoms with van der Waals surface area (Å²) in [5, 5.41) is 12.3. The van der Waals surface area contributed by atoms with Gasteiger partial charge in [-0.05, 0) is 19.8 Å². The fourth-order valence-electron chi connectivity index (χ4n) is 1.59. The van der Waals surface area contributed by atoms with E-state index in [1.54, 1.807) is 4.90 Å². The van der Waals surface area contributed by atoms with Gasteiger partial charge in [-0.25, -0.2) is 4.79 Å². The molecule has 0 aromatic rings. The Morgan fingerprint density at radius 3 is 2.92 bits per heavy atom. The summed E-state index contributed by atoms with van der Waals surface area (Å²) in [6, 6.07) is -0.128. The van der Waals surface area contributed by atoms with E-state index in [-0.39, 0.29) is 12.1 Å². The van der Waals surface area contributed by atoms with Crippen molar-refractivity contribution in [3.8, 4) is 0 Å². The lowest BCUT2D eigenvalue weighted by Crippen LogP contribution is -2.53. The lowest BCUT2D eigenvalue weighted by Gasteiger charge is -2.35. The van der Waals surface area contributed by atoms with Crippen molar-refractivity contribution in [3.05, 3.63) is 0 Å². The molecule has 1 heterocycles. The molecule has 2 atom stereocenters. The molecule has 76 valence electrons. The molecule has 0 bridgehead atoms. The molecule has 1 rings (SSSR count). The van der Waals surface area contributed by atoms with Gasteiger partial charge in [0.1, 0.15) is 0 Å². The van der Waals surface area contributed by atoms with Gasteiger partial charge >= 0.3 is 6.03 Å². The minimum absolute atomic E-state index is 0.0498. The van der Waals surface area contributed by atoms with Gasteiger partial charge in [-0.2, -0.15) is 0 Å². The summed E-state index contributed by atoms with van der Waals surface area (Å²) in [7, 11) is 0. The molecule has 0 aliphatic carbocycles. The van der Waals surface area contributed by atoms with Gasteiger partial charge in [0.15, 0.2) is 0 Å². The first-order valence-corrected chi connectivity index (χ1v) is 4.89. The number of aliphatic hydroxyl groups is 1. The number of carbonyl (C=O) groups is 1. The third-order valence-corrected chi connectivity index (χ3v) is 2.58. The zero-order chi connectivity index (χ0) is 9.84. The molecule has 0 spiro atoms. The molecule has 2 unspecified atom stereocenters. The van der Waals surface area contributed by atoms with E-state index >= 15 is 0 Å². The largest absolute Gasteiger partial charge is 0.391 e. The Balaban J connectivity index is 2.53. The first-order valence-electron chi connectivity index (χ1n) is 4.89. The zero-order valence-electron chi connectivity index (χ0n) is 8.29. The van der Waals surface area contributed by atoms with Gasteiger partial charge in [-0.3, -0.25) is 0 Å². The van der Waals surface area contributed by atoms with Crippen LogP contribution in [0.15, 0.2) is 0 Å². The number of nitrogens with one attached hydrogen (secondary N) is 1. The molecule has 4 nitrogen and oxygen atoms in total. The summed E-state index contributed by atoms with van der Waals surface area (Å²) in [5.41, 5.74) is 0. The van der Waals surface area contributed by atoms with Gasteiger partial charge in [0.2, 0.25) is 0 Å². The summed E-state index contributed by atoms with van der Waals surface area (Å²) in [6.07, 6.45) is 1.24. The van der Waals surface area contributed by atoms with Gasteiger partial charge in [0, 0.05) is 13.1 Å².